The Hall–Kier alpha value is -3.41. The van der Waals surface area contributed by atoms with E-state index in [-0.39, 0.29) is 31.1 Å². The fourth-order valence-corrected chi connectivity index (χ4v) is 5.42. The van der Waals surface area contributed by atoms with Gasteiger partial charge in [0.1, 0.15) is 13.2 Å². The molecule has 1 atom stereocenters. The minimum atomic E-state index is -0.800. The predicted octanol–water partition coefficient (Wildman–Crippen LogP) is 13.7. The lowest BCUT2D eigenvalue weighted by molar-refractivity contribution is -0.167. The molecule has 0 rings (SSSR count). The van der Waals surface area contributed by atoms with Crippen molar-refractivity contribution in [2.75, 3.05) is 13.2 Å². The molecule has 0 N–H and O–H groups in total. The molecule has 54 heavy (non-hydrogen) atoms. The first kappa shape index (κ1) is 50.6. The van der Waals surface area contributed by atoms with Crippen molar-refractivity contribution in [2.24, 2.45) is 0 Å². The van der Waals surface area contributed by atoms with Gasteiger partial charge >= 0.3 is 17.9 Å². The minimum Gasteiger partial charge on any atom is -0.462 e. The molecule has 0 aliphatic rings. The first-order chi connectivity index (χ1) is 26.5. The fourth-order valence-electron chi connectivity index (χ4n) is 5.42. The molecular weight excluding hydrogens is 673 g/mol. The van der Waals surface area contributed by atoms with Crippen molar-refractivity contribution in [3.05, 3.63) is 85.1 Å². The second-order valence-electron chi connectivity index (χ2n) is 14.0. The van der Waals surface area contributed by atoms with Crippen LogP contribution in [-0.4, -0.2) is 37.2 Å². The molecule has 0 aromatic heterocycles. The van der Waals surface area contributed by atoms with Crippen LogP contribution in [0, 0.1) is 0 Å². The Morgan fingerprint density at radius 3 is 1.20 bits per heavy atom. The molecular formula is C48H78O6. The Morgan fingerprint density at radius 2 is 0.741 bits per heavy atom. The highest BCUT2D eigenvalue weighted by Gasteiger charge is 2.19. The molecule has 0 saturated carbocycles. The minimum absolute atomic E-state index is 0.101. The van der Waals surface area contributed by atoms with Gasteiger partial charge in [0.2, 0.25) is 0 Å². The van der Waals surface area contributed by atoms with Crippen molar-refractivity contribution in [2.45, 2.75) is 187 Å². The van der Waals surface area contributed by atoms with Gasteiger partial charge in [0, 0.05) is 19.3 Å². The van der Waals surface area contributed by atoms with Crippen LogP contribution in [0.1, 0.15) is 181 Å². The maximum atomic E-state index is 12.7. The van der Waals surface area contributed by atoms with Crippen molar-refractivity contribution in [3.8, 4) is 0 Å². The third-order valence-electron chi connectivity index (χ3n) is 8.73. The van der Waals surface area contributed by atoms with Crippen molar-refractivity contribution in [3.63, 3.8) is 0 Å². The van der Waals surface area contributed by atoms with E-state index in [1.165, 1.54) is 38.5 Å². The standard InChI is InChI=1S/C48H78O6/c1-4-7-10-13-16-19-22-23-24-25-27-29-32-35-38-41-47(50)53-44-45(43-52-46(49)40-37-34-31-28-21-18-15-12-9-6-3)54-48(51)42-39-36-33-30-26-20-17-14-11-8-5-2/h7,10,13-19,22-25,27,45H,4-6,8-9,11-12,20-21,26,28-44H2,1-3H3/b10-7-,16-13-,17-14-,18-15-,22-19-,24-23-,27-25-. The third kappa shape index (κ3) is 39.8. The summed E-state index contributed by atoms with van der Waals surface area (Å²) in [6.45, 7) is 6.32. The Bertz CT molecular complexity index is 1090. The molecule has 0 radical (unpaired) electrons. The van der Waals surface area contributed by atoms with Gasteiger partial charge in [-0.2, -0.15) is 0 Å². The largest absolute Gasteiger partial charge is 0.462 e. The van der Waals surface area contributed by atoms with E-state index in [9.17, 15) is 14.4 Å². The van der Waals surface area contributed by atoms with Crippen molar-refractivity contribution < 1.29 is 28.6 Å². The van der Waals surface area contributed by atoms with Crippen LogP contribution in [0.25, 0.3) is 0 Å². The van der Waals surface area contributed by atoms with Crippen LogP contribution in [0.4, 0.5) is 0 Å². The number of ether oxygens (including phenoxy) is 3. The number of unbranched alkanes of at least 4 members (excludes halogenated alkanes) is 16. The van der Waals surface area contributed by atoms with Crippen LogP contribution >= 0.6 is 0 Å². The number of hydrogen-bond donors (Lipinski definition) is 0. The maximum Gasteiger partial charge on any atom is 0.306 e. The third-order valence-corrected chi connectivity index (χ3v) is 8.73. The van der Waals surface area contributed by atoms with Gasteiger partial charge in [-0.1, -0.05) is 170 Å². The molecule has 0 aromatic rings. The van der Waals surface area contributed by atoms with E-state index in [4.69, 9.17) is 14.2 Å². The van der Waals surface area contributed by atoms with Gasteiger partial charge in [-0.25, -0.2) is 0 Å². The molecule has 0 heterocycles. The van der Waals surface area contributed by atoms with E-state index in [0.717, 1.165) is 103 Å². The lowest BCUT2D eigenvalue weighted by Crippen LogP contribution is -2.30. The Labute approximate surface area is 331 Å². The molecule has 0 aromatic carbocycles. The molecule has 0 amide bonds. The van der Waals surface area contributed by atoms with Crippen LogP contribution in [0.15, 0.2) is 85.1 Å². The fraction of sp³-hybridized carbons (Fsp3) is 0.646. The molecule has 0 spiro atoms. The Balaban J connectivity index is 4.50. The van der Waals surface area contributed by atoms with E-state index in [0.29, 0.717) is 19.3 Å². The van der Waals surface area contributed by atoms with E-state index in [1.807, 2.05) is 48.6 Å². The maximum absolute atomic E-state index is 12.7. The van der Waals surface area contributed by atoms with Crippen molar-refractivity contribution >= 4 is 17.9 Å². The normalized spacial score (nSPS) is 12.9. The second kappa shape index (κ2) is 42.3. The number of carbonyl (C=O) groups excluding carboxylic acids is 3. The quantitative estimate of drug-likeness (QED) is 0.0207. The van der Waals surface area contributed by atoms with Crippen LogP contribution < -0.4 is 0 Å². The lowest BCUT2D eigenvalue weighted by Gasteiger charge is -2.18. The van der Waals surface area contributed by atoms with Crippen LogP contribution in [-0.2, 0) is 28.6 Å². The number of esters is 3. The monoisotopic (exact) mass is 751 g/mol. The zero-order chi connectivity index (χ0) is 39.4. The Kier molecular flexibility index (Phi) is 39.7. The zero-order valence-corrected chi connectivity index (χ0v) is 34.7. The summed E-state index contributed by atoms with van der Waals surface area (Å²) in [5.41, 5.74) is 0. The van der Waals surface area contributed by atoms with Crippen molar-refractivity contribution in [1.29, 1.82) is 0 Å². The number of hydrogen-bond acceptors (Lipinski definition) is 6. The number of allylic oxidation sites excluding steroid dienone is 14. The summed E-state index contributed by atoms with van der Waals surface area (Å²) in [7, 11) is 0. The first-order valence-electron chi connectivity index (χ1n) is 21.7. The van der Waals surface area contributed by atoms with Gasteiger partial charge in [-0.05, 0) is 77.0 Å². The van der Waals surface area contributed by atoms with Crippen LogP contribution in [0.3, 0.4) is 0 Å². The van der Waals surface area contributed by atoms with Gasteiger partial charge in [-0.3, -0.25) is 14.4 Å². The zero-order valence-electron chi connectivity index (χ0n) is 34.7. The summed E-state index contributed by atoms with van der Waals surface area (Å²) in [6.07, 6.45) is 52.8. The summed E-state index contributed by atoms with van der Waals surface area (Å²) in [5, 5.41) is 0. The van der Waals surface area contributed by atoms with E-state index >= 15 is 0 Å². The number of rotatable bonds is 37. The summed E-state index contributed by atoms with van der Waals surface area (Å²) in [5.74, 6) is -0.978. The molecule has 0 aliphatic carbocycles. The molecule has 1 unspecified atom stereocenters. The lowest BCUT2D eigenvalue weighted by atomic mass is 10.1. The van der Waals surface area contributed by atoms with E-state index in [1.54, 1.807) is 0 Å². The van der Waals surface area contributed by atoms with E-state index in [2.05, 4.69) is 57.2 Å². The average Bonchev–Trinajstić information content (AvgIpc) is 3.17. The highest BCUT2D eigenvalue weighted by atomic mass is 16.6. The molecule has 6 heteroatoms. The average molecular weight is 751 g/mol. The highest BCUT2D eigenvalue weighted by Crippen LogP contribution is 2.12. The number of carbonyl (C=O) groups is 3. The van der Waals surface area contributed by atoms with Gasteiger partial charge in [0.25, 0.3) is 0 Å². The molecule has 0 bridgehead atoms. The smallest absolute Gasteiger partial charge is 0.306 e. The topological polar surface area (TPSA) is 78.9 Å². The molecule has 306 valence electrons. The van der Waals surface area contributed by atoms with Gasteiger partial charge in [0.15, 0.2) is 6.10 Å². The highest BCUT2D eigenvalue weighted by molar-refractivity contribution is 5.71. The molecule has 0 saturated heterocycles. The van der Waals surface area contributed by atoms with Crippen LogP contribution in [0.5, 0.6) is 0 Å². The summed E-state index contributed by atoms with van der Waals surface area (Å²) in [4.78, 5) is 37.6. The van der Waals surface area contributed by atoms with Gasteiger partial charge in [0.05, 0.1) is 0 Å². The summed E-state index contributed by atoms with van der Waals surface area (Å²) < 4.78 is 16.6. The predicted molar refractivity (Wildman–Crippen MR) is 228 cm³/mol. The molecule has 0 aliphatic heterocycles. The van der Waals surface area contributed by atoms with E-state index < -0.39 is 6.10 Å². The van der Waals surface area contributed by atoms with Gasteiger partial charge in [-0.15, -0.1) is 0 Å². The molecule has 6 nitrogen and oxygen atoms in total. The SMILES string of the molecule is CC\C=C/C=C\C=C/C=C\C=C/CCCCCC(=O)OCC(COC(=O)CCCCCC/C=C\CCCC)OC(=O)CCCCCCC/C=C\CCCC. The molecule has 0 fully saturated rings. The first-order valence-corrected chi connectivity index (χ1v) is 21.7. The summed E-state index contributed by atoms with van der Waals surface area (Å²) >= 11 is 0. The van der Waals surface area contributed by atoms with Gasteiger partial charge < -0.3 is 14.2 Å². The summed E-state index contributed by atoms with van der Waals surface area (Å²) in [6, 6.07) is 0. The Morgan fingerprint density at radius 1 is 0.389 bits per heavy atom. The van der Waals surface area contributed by atoms with Crippen LogP contribution in [0.2, 0.25) is 0 Å². The van der Waals surface area contributed by atoms with Crippen molar-refractivity contribution in [1.82, 2.24) is 0 Å². The second-order valence-corrected chi connectivity index (χ2v) is 14.0.